The highest BCUT2D eigenvalue weighted by Crippen LogP contribution is 2.03. The fourth-order valence-electron chi connectivity index (χ4n) is 0.959. The molecule has 1 aromatic rings. The molecule has 0 N–H and O–H groups in total. The molecule has 0 bridgehead atoms. The summed E-state index contributed by atoms with van der Waals surface area (Å²) in [6, 6.07) is 9.44. The molecule has 0 atom stereocenters. The first-order valence-corrected chi connectivity index (χ1v) is 5.26. The molecule has 0 radical (unpaired) electrons. The number of rotatable bonds is 2. The predicted molar refractivity (Wildman–Crippen MR) is 62.8 cm³/mol. The predicted octanol–water partition coefficient (Wildman–Crippen LogP) is 4.16. The monoisotopic (exact) mass is 214 g/mol. The highest BCUT2D eigenvalue weighted by Gasteiger charge is 1.94. The third-order valence-corrected chi connectivity index (χ3v) is 1.53. The van der Waals surface area contributed by atoms with Gasteiger partial charge in [-0.05, 0) is 39.8 Å². The van der Waals surface area contributed by atoms with Crippen LogP contribution in [0, 0.1) is 0 Å². The van der Waals surface area contributed by atoms with E-state index in [4.69, 9.17) is 16.3 Å². The molecule has 0 saturated heterocycles. The lowest BCUT2D eigenvalue weighted by atomic mass is 10.4. The van der Waals surface area contributed by atoms with Crippen LogP contribution in [0.5, 0.6) is 0 Å². The van der Waals surface area contributed by atoms with Gasteiger partial charge in [0.25, 0.3) is 0 Å². The Morgan fingerprint density at radius 3 is 1.50 bits per heavy atom. The maximum absolute atomic E-state index is 5.54. The van der Waals surface area contributed by atoms with E-state index in [2.05, 4.69) is 0 Å². The molecule has 1 nitrogen and oxygen atoms in total. The van der Waals surface area contributed by atoms with Gasteiger partial charge in [-0.15, -0.1) is 0 Å². The maximum Gasteiger partial charge on any atom is 0.0522 e. The molecule has 0 aromatic heterocycles. The van der Waals surface area contributed by atoms with E-state index < -0.39 is 0 Å². The Balaban J connectivity index is 0.000000241. The lowest BCUT2D eigenvalue weighted by Gasteiger charge is -2.09. The lowest BCUT2D eigenvalue weighted by molar-refractivity contribution is 0.0300. The molecule has 14 heavy (non-hydrogen) atoms. The van der Waals surface area contributed by atoms with Gasteiger partial charge in [-0.2, -0.15) is 0 Å². The molecule has 0 unspecified atom stereocenters. The summed E-state index contributed by atoms with van der Waals surface area (Å²) in [6.07, 6.45) is 0.750. The van der Waals surface area contributed by atoms with E-state index in [1.807, 2.05) is 58.0 Å². The average molecular weight is 215 g/mol. The molecular weight excluding hydrogens is 196 g/mol. The van der Waals surface area contributed by atoms with Crippen molar-refractivity contribution in [1.29, 1.82) is 0 Å². The van der Waals surface area contributed by atoms with Gasteiger partial charge in [-0.1, -0.05) is 29.8 Å². The Labute approximate surface area is 92.0 Å². The number of hydrogen-bond acceptors (Lipinski definition) is 1. The summed E-state index contributed by atoms with van der Waals surface area (Å²) in [7, 11) is 0. The standard InChI is InChI=1S/C6H5Cl.C6H14O/c7-6-4-2-1-3-5-6;1-5(2)7-6(3)4/h1-5H;5-6H,1-4H3. The van der Waals surface area contributed by atoms with Crippen LogP contribution in [0.3, 0.4) is 0 Å². The minimum atomic E-state index is 0.375. The van der Waals surface area contributed by atoms with E-state index in [0.29, 0.717) is 12.2 Å². The van der Waals surface area contributed by atoms with Gasteiger partial charge in [0.05, 0.1) is 12.2 Å². The van der Waals surface area contributed by atoms with Crippen LogP contribution in [-0.4, -0.2) is 12.2 Å². The first-order chi connectivity index (χ1) is 6.52. The Kier molecular flexibility index (Phi) is 7.54. The molecule has 80 valence electrons. The van der Waals surface area contributed by atoms with Crippen molar-refractivity contribution in [2.45, 2.75) is 39.9 Å². The van der Waals surface area contributed by atoms with E-state index in [0.717, 1.165) is 5.02 Å². The van der Waals surface area contributed by atoms with Crippen molar-refractivity contribution in [3.63, 3.8) is 0 Å². The fourth-order valence-corrected chi connectivity index (χ4v) is 1.10. The van der Waals surface area contributed by atoms with E-state index in [-0.39, 0.29) is 0 Å². The minimum absolute atomic E-state index is 0.375. The highest BCUT2D eigenvalue weighted by atomic mass is 35.5. The maximum atomic E-state index is 5.54. The zero-order valence-electron chi connectivity index (χ0n) is 9.33. The van der Waals surface area contributed by atoms with Crippen LogP contribution in [0.15, 0.2) is 30.3 Å². The highest BCUT2D eigenvalue weighted by molar-refractivity contribution is 6.30. The van der Waals surface area contributed by atoms with Crippen molar-refractivity contribution >= 4 is 11.6 Å². The van der Waals surface area contributed by atoms with Crippen molar-refractivity contribution < 1.29 is 4.74 Å². The molecule has 1 aromatic carbocycles. The van der Waals surface area contributed by atoms with Crippen molar-refractivity contribution in [2.75, 3.05) is 0 Å². The van der Waals surface area contributed by atoms with Crippen LogP contribution in [0.1, 0.15) is 27.7 Å². The first kappa shape index (κ1) is 13.5. The van der Waals surface area contributed by atoms with Crippen LogP contribution < -0.4 is 0 Å². The van der Waals surface area contributed by atoms with Gasteiger partial charge in [-0.25, -0.2) is 0 Å². The zero-order chi connectivity index (χ0) is 11.0. The van der Waals surface area contributed by atoms with Gasteiger partial charge in [0.1, 0.15) is 0 Å². The molecule has 0 aliphatic heterocycles. The Hall–Kier alpha value is -0.530. The largest absolute Gasteiger partial charge is 0.376 e. The van der Waals surface area contributed by atoms with Crippen LogP contribution in [0.2, 0.25) is 5.02 Å². The Morgan fingerprint density at radius 2 is 1.36 bits per heavy atom. The summed E-state index contributed by atoms with van der Waals surface area (Å²) < 4.78 is 5.25. The van der Waals surface area contributed by atoms with Crippen LogP contribution in [0.4, 0.5) is 0 Å². The molecule has 0 aliphatic carbocycles. The second kappa shape index (κ2) is 7.84. The van der Waals surface area contributed by atoms with Gasteiger partial charge in [0.15, 0.2) is 0 Å². The van der Waals surface area contributed by atoms with Crippen molar-refractivity contribution in [3.8, 4) is 0 Å². The zero-order valence-corrected chi connectivity index (χ0v) is 10.1. The van der Waals surface area contributed by atoms with Crippen molar-refractivity contribution in [2.24, 2.45) is 0 Å². The average Bonchev–Trinajstić information content (AvgIpc) is 2.03. The number of halogens is 1. The van der Waals surface area contributed by atoms with Gasteiger partial charge in [0, 0.05) is 5.02 Å². The Bertz CT molecular complexity index is 213. The summed E-state index contributed by atoms with van der Waals surface area (Å²) in [4.78, 5) is 0. The van der Waals surface area contributed by atoms with E-state index in [9.17, 15) is 0 Å². The van der Waals surface area contributed by atoms with E-state index in [1.165, 1.54) is 0 Å². The van der Waals surface area contributed by atoms with Crippen molar-refractivity contribution in [3.05, 3.63) is 35.4 Å². The lowest BCUT2D eigenvalue weighted by Crippen LogP contribution is -2.09. The molecule has 0 saturated carbocycles. The first-order valence-electron chi connectivity index (χ1n) is 4.88. The third kappa shape index (κ3) is 9.56. The summed E-state index contributed by atoms with van der Waals surface area (Å²) in [5.41, 5.74) is 0. The SMILES string of the molecule is CC(C)OC(C)C.Clc1ccccc1. The fraction of sp³-hybridized carbons (Fsp3) is 0.500. The molecule has 0 aliphatic rings. The minimum Gasteiger partial charge on any atom is -0.376 e. The smallest absolute Gasteiger partial charge is 0.0522 e. The molecule has 0 heterocycles. The second-order valence-electron chi connectivity index (χ2n) is 3.53. The van der Waals surface area contributed by atoms with Gasteiger partial charge < -0.3 is 4.74 Å². The van der Waals surface area contributed by atoms with Crippen LogP contribution >= 0.6 is 11.6 Å². The van der Waals surface area contributed by atoms with E-state index >= 15 is 0 Å². The summed E-state index contributed by atoms with van der Waals surface area (Å²) >= 11 is 5.54. The normalized spacial score (nSPS) is 9.93. The molecule has 2 heteroatoms. The molecule has 0 fully saturated rings. The van der Waals surface area contributed by atoms with Crippen LogP contribution in [-0.2, 0) is 4.74 Å². The number of ether oxygens (including phenoxy) is 1. The van der Waals surface area contributed by atoms with Crippen LogP contribution in [0.25, 0.3) is 0 Å². The van der Waals surface area contributed by atoms with E-state index in [1.54, 1.807) is 0 Å². The quantitative estimate of drug-likeness (QED) is 0.719. The topological polar surface area (TPSA) is 9.23 Å². The summed E-state index contributed by atoms with van der Waals surface area (Å²) in [6.45, 7) is 8.17. The number of hydrogen-bond donors (Lipinski definition) is 0. The third-order valence-electron chi connectivity index (χ3n) is 1.28. The molecule has 0 amide bonds. The molecule has 0 spiro atoms. The summed E-state index contributed by atoms with van der Waals surface area (Å²) in [5.74, 6) is 0. The Morgan fingerprint density at radius 1 is 0.929 bits per heavy atom. The summed E-state index contributed by atoms with van der Waals surface area (Å²) in [5, 5.41) is 0.794. The van der Waals surface area contributed by atoms with Gasteiger partial charge in [-0.3, -0.25) is 0 Å². The van der Waals surface area contributed by atoms with Gasteiger partial charge >= 0.3 is 0 Å². The second-order valence-corrected chi connectivity index (χ2v) is 3.97. The molecule has 1 rings (SSSR count). The number of benzene rings is 1. The molecular formula is C12H19ClO. The van der Waals surface area contributed by atoms with Crippen molar-refractivity contribution in [1.82, 2.24) is 0 Å². The van der Waals surface area contributed by atoms with Gasteiger partial charge in [0.2, 0.25) is 0 Å².